The number of hydrogen-bond acceptors (Lipinski definition) is 6. The van der Waals surface area contributed by atoms with E-state index in [1.54, 1.807) is 19.3 Å². The number of benzene rings is 1. The smallest absolute Gasteiger partial charge is 0.227 e. The minimum absolute atomic E-state index is 0.136. The van der Waals surface area contributed by atoms with Gasteiger partial charge in [0.25, 0.3) is 0 Å². The highest BCUT2D eigenvalue weighted by Gasteiger charge is 2.43. The van der Waals surface area contributed by atoms with E-state index in [4.69, 9.17) is 4.42 Å². The number of piperidine rings is 1. The molecule has 1 aromatic carbocycles. The highest BCUT2D eigenvalue weighted by Crippen LogP contribution is 2.42. The number of aryl methyl sites for hydroxylation is 1. The molecule has 2 N–H and O–H groups in total. The zero-order chi connectivity index (χ0) is 23.3. The Hall–Kier alpha value is -3.45. The average molecular weight is 448 g/mol. The van der Waals surface area contributed by atoms with Crippen LogP contribution in [0.2, 0.25) is 0 Å². The molecule has 0 aliphatic carbocycles. The van der Waals surface area contributed by atoms with E-state index >= 15 is 0 Å². The Morgan fingerprint density at radius 1 is 1.12 bits per heavy atom. The van der Waals surface area contributed by atoms with Crippen LogP contribution in [0.5, 0.6) is 5.75 Å². The highest BCUT2D eigenvalue weighted by atomic mass is 16.4. The van der Waals surface area contributed by atoms with Gasteiger partial charge < -0.3 is 14.8 Å². The van der Waals surface area contributed by atoms with Gasteiger partial charge in [0.1, 0.15) is 5.76 Å². The van der Waals surface area contributed by atoms with Gasteiger partial charge in [0, 0.05) is 43.4 Å². The lowest BCUT2D eigenvalue weighted by atomic mass is 9.72. The van der Waals surface area contributed by atoms with Crippen LogP contribution >= 0.6 is 0 Å². The van der Waals surface area contributed by atoms with Crippen LogP contribution in [0.4, 0.5) is 0 Å². The maximum atomic E-state index is 13.0. The maximum absolute atomic E-state index is 13.0. The number of pyridine rings is 1. The van der Waals surface area contributed by atoms with Crippen LogP contribution in [0.3, 0.4) is 0 Å². The molecule has 0 atom stereocenters. The predicted octanol–water partition coefficient (Wildman–Crippen LogP) is 3.29. The van der Waals surface area contributed by atoms with E-state index in [0.29, 0.717) is 25.1 Å². The molecule has 1 amide bonds. The Morgan fingerprint density at radius 3 is 2.52 bits per heavy atom. The third-order valence-electron chi connectivity index (χ3n) is 6.33. The van der Waals surface area contributed by atoms with Crippen LogP contribution in [-0.2, 0) is 23.3 Å². The fraction of sp³-hybridized carbons (Fsp3) is 0.346. The van der Waals surface area contributed by atoms with Gasteiger partial charge in [-0.05, 0) is 56.1 Å². The zero-order valence-corrected chi connectivity index (χ0v) is 18.8. The van der Waals surface area contributed by atoms with Crippen molar-refractivity contribution in [2.75, 3.05) is 13.1 Å². The molecule has 0 bridgehead atoms. The molecule has 2 aromatic heterocycles. The Morgan fingerprint density at radius 2 is 1.82 bits per heavy atom. The van der Waals surface area contributed by atoms with Gasteiger partial charge in [0.05, 0.1) is 0 Å². The van der Waals surface area contributed by atoms with Gasteiger partial charge in [0.15, 0.2) is 5.76 Å². The van der Waals surface area contributed by atoms with E-state index in [0.717, 1.165) is 25.2 Å². The Balaban J connectivity index is 1.53. The molecule has 1 aliphatic heterocycles. The van der Waals surface area contributed by atoms with Crippen LogP contribution in [0.1, 0.15) is 41.9 Å². The predicted molar refractivity (Wildman–Crippen MR) is 125 cm³/mol. The van der Waals surface area contributed by atoms with E-state index in [-0.39, 0.29) is 23.8 Å². The summed E-state index contributed by atoms with van der Waals surface area (Å²) in [5, 5.41) is 13.6. The Labute approximate surface area is 193 Å². The Kier molecular flexibility index (Phi) is 6.89. The first-order valence-corrected chi connectivity index (χ1v) is 11.2. The number of aromatic nitrogens is 1. The first-order chi connectivity index (χ1) is 15.9. The second kappa shape index (κ2) is 10.0. The van der Waals surface area contributed by atoms with Gasteiger partial charge in [-0.2, -0.15) is 0 Å². The normalized spacial score (nSPS) is 15.8. The van der Waals surface area contributed by atoms with Gasteiger partial charge in [-0.3, -0.25) is 19.5 Å². The number of nitrogens with zero attached hydrogens (tertiary/aromatic N) is 2. The summed E-state index contributed by atoms with van der Waals surface area (Å²) in [5.41, 5.74) is 0.960. The van der Waals surface area contributed by atoms with Crippen molar-refractivity contribution in [2.45, 2.75) is 44.7 Å². The minimum Gasteiger partial charge on any atom is -0.502 e. The highest BCUT2D eigenvalue weighted by molar-refractivity contribution is 5.77. The van der Waals surface area contributed by atoms with Crippen molar-refractivity contribution in [3.8, 4) is 5.75 Å². The maximum Gasteiger partial charge on any atom is 0.227 e. The zero-order valence-electron chi connectivity index (χ0n) is 18.8. The molecular formula is C26H29N3O4. The molecule has 0 saturated carbocycles. The summed E-state index contributed by atoms with van der Waals surface area (Å²) in [4.78, 5) is 31.6. The molecule has 1 fully saturated rings. The first-order valence-electron chi connectivity index (χ1n) is 11.2. The topological polar surface area (TPSA) is 95.7 Å². The second-order valence-corrected chi connectivity index (χ2v) is 8.75. The van der Waals surface area contributed by atoms with Crippen molar-refractivity contribution >= 4 is 5.91 Å². The number of nitrogens with one attached hydrogen (secondary N) is 1. The summed E-state index contributed by atoms with van der Waals surface area (Å²) < 4.78 is 5.89. The molecule has 7 heteroatoms. The Bertz CT molecular complexity index is 1140. The van der Waals surface area contributed by atoms with Crippen molar-refractivity contribution in [3.05, 3.63) is 93.8 Å². The number of rotatable bonds is 7. The summed E-state index contributed by atoms with van der Waals surface area (Å²) in [6, 6.07) is 15.2. The van der Waals surface area contributed by atoms with Gasteiger partial charge in [-0.1, -0.05) is 30.3 Å². The number of aromatic hydroxyl groups is 1. The van der Waals surface area contributed by atoms with Crippen molar-refractivity contribution in [1.29, 1.82) is 0 Å². The molecule has 3 heterocycles. The first kappa shape index (κ1) is 22.7. The standard InChI is InChI=1S/C26H29N3O4/c1-19-15-22(30)24(32)25(33-19)26(16-23(31)28-17-20-7-11-27-12-8-20)9-13-29(14-10-26)18-21-5-3-2-4-6-21/h2-8,11-12,15,32H,9-10,13-14,16-18H2,1H3,(H,28,31). The van der Waals surface area contributed by atoms with E-state index in [2.05, 4.69) is 27.3 Å². The van der Waals surface area contributed by atoms with Crippen molar-refractivity contribution in [2.24, 2.45) is 0 Å². The molecule has 172 valence electrons. The van der Waals surface area contributed by atoms with Crippen LogP contribution in [0, 0.1) is 6.92 Å². The van der Waals surface area contributed by atoms with E-state index in [9.17, 15) is 14.7 Å². The molecule has 1 saturated heterocycles. The lowest BCUT2D eigenvalue weighted by Crippen LogP contribution is -2.45. The number of likely N-dealkylation sites (tertiary alicyclic amines) is 1. The fourth-order valence-corrected chi connectivity index (χ4v) is 4.50. The lowest BCUT2D eigenvalue weighted by molar-refractivity contribution is -0.123. The minimum atomic E-state index is -0.745. The molecule has 33 heavy (non-hydrogen) atoms. The van der Waals surface area contributed by atoms with E-state index < -0.39 is 10.8 Å². The van der Waals surface area contributed by atoms with Crippen LogP contribution < -0.4 is 10.7 Å². The molecule has 4 rings (SSSR count). The SMILES string of the molecule is Cc1cc(=O)c(O)c(C2(CC(=O)NCc3ccncc3)CCN(Cc3ccccc3)CC2)o1. The van der Waals surface area contributed by atoms with Gasteiger partial charge in [0.2, 0.25) is 17.1 Å². The second-order valence-electron chi connectivity index (χ2n) is 8.75. The van der Waals surface area contributed by atoms with Crippen molar-refractivity contribution in [1.82, 2.24) is 15.2 Å². The molecule has 0 unspecified atom stereocenters. The summed E-state index contributed by atoms with van der Waals surface area (Å²) in [5.74, 6) is 0.118. The number of carbonyl (C=O) groups excluding carboxylic acids is 1. The number of carbonyl (C=O) groups is 1. The third kappa shape index (κ3) is 5.49. The summed E-state index contributed by atoms with van der Waals surface area (Å²) in [7, 11) is 0. The molecule has 7 nitrogen and oxygen atoms in total. The van der Waals surface area contributed by atoms with Crippen molar-refractivity contribution in [3.63, 3.8) is 0 Å². The monoisotopic (exact) mass is 447 g/mol. The average Bonchev–Trinajstić information content (AvgIpc) is 2.83. The summed E-state index contributed by atoms with van der Waals surface area (Å²) in [6.07, 6.45) is 4.71. The fourth-order valence-electron chi connectivity index (χ4n) is 4.50. The van der Waals surface area contributed by atoms with Gasteiger partial charge in [-0.25, -0.2) is 0 Å². The quantitative estimate of drug-likeness (QED) is 0.577. The summed E-state index contributed by atoms with van der Waals surface area (Å²) in [6.45, 7) is 4.34. The van der Waals surface area contributed by atoms with Crippen LogP contribution in [0.25, 0.3) is 0 Å². The van der Waals surface area contributed by atoms with E-state index in [1.165, 1.54) is 11.6 Å². The summed E-state index contributed by atoms with van der Waals surface area (Å²) >= 11 is 0. The van der Waals surface area contributed by atoms with E-state index in [1.807, 2.05) is 30.3 Å². The van der Waals surface area contributed by atoms with Crippen LogP contribution in [0.15, 0.2) is 70.1 Å². The molecule has 0 spiro atoms. The number of hydrogen-bond donors (Lipinski definition) is 2. The van der Waals surface area contributed by atoms with Gasteiger partial charge in [-0.15, -0.1) is 0 Å². The molecule has 3 aromatic rings. The molecule has 0 radical (unpaired) electrons. The largest absolute Gasteiger partial charge is 0.502 e. The molecule has 1 aliphatic rings. The van der Waals surface area contributed by atoms with Gasteiger partial charge >= 0.3 is 0 Å². The van der Waals surface area contributed by atoms with Crippen molar-refractivity contribution < 1.29 is 14.3 Å². The van der Waals surface area contributed by atoms with Crippen LogP contribution in [-0.4, -0.2) is 34.0 Å². The third-order valence-corrected chi connectivity index (χ3v) is 6.33. The molecular weight excluding hydrogens is 418 g/mol. The lowest BCUT2D eigenvalue weighted by Gasteiger charge is -2.41. The number of amides is 1.